The number of piperidine rings is 1. The molecule has 0 radical (unpaired) electrons. The van der Waals surface area contributed by atoms with E-state index in [0.717, 1.165) is 31.7 Å². The molecule has 1 aliphatic heterocycles. The lowest BCUT2D eigenvalue weighted by Crippen LogP contribution is -2.42. The van der Waals surface area contributed by atoms with Crippen LogP contribution >= 0.6 is 0 Å². The molecule has 0 bridgehead atoms. The van der Waals surface area contributed by atoms with Gasteiger partial charge in [-0.2, -0.15) is 0 Å². The number of hydrogen-bond acceptors (Lipinski definition) is 3. The van der Waals surface area contributed by atoms with E-state index in [9.17, 15) is 9.59 Å². The molecule has 0 saturated carbocycles. The van der Waals surface area contributed by atoms with E-state index in [1.165, 1.54) is 12.5 Å². The summed E-state index contributed by atoms with van der Waals surface area (Å²) in [6.07, 6.45) is 2.46. The molecule has 1 N–H and O–H groups in total. The lowest BCUT2D eigenvalue weighted by molar-refractivity contribution is -0.133. The maximum Gasteiger partial charge on any atom is 0.224 e. The number of rotatable bonds is 6. The maximum absolute atomic E-state index is 12.2. The van der Waals surface area contributed by atoms with Gasteiger partial charge in [0.1, 0.15) is 5.75 Å². The van der Waals surface area contributed by atoms with Crippen molar-refractivity contribution in [2.75, 3.05) is 26.2 Å². The Hall–Kier alpha value is -2.04. The van der Waals surface area contributed by atoms with Crippen molar-refractivity contribution < 1.29 is 14.3 Å². The molecular formula is C18H26N2O3. The predicted molar refractivity (Wildman–Crippen MR) is 89.3 cm³/mol. The number of aryl methyl sites for hydroxylation is 1. The molecule has 23 heavy (non-hydrogen) atoms. The van der Waals surface area contributed by atoms with Gasteiger partial charge in [-0.3, -0.25) is 9.59 Å². The van der Waals surface area contributed by atoms with E-state index >= 15 is 0 Å². The van der Waals surface area contributed by atoms with Crippen molar-refractivity contribution in [3.05, 3.63) is 29.8 Å². The highest BCUT2D eigenvalue weighted by atomic mass is 16.5. The van der Waals surface area contributed by atoms with Crippen LogP contribution in [-0.2, 0) is 9.59 Å². The molecule has 1 aliphatic rings. The van der Waals surface area contributed by atoms with Gasteiger partial charge in [-0.1, -0.05) is 17.7 Å². The van der Waals surface area contributed by atoms with Crippen molar-refractivity contribution in [3.63, 3.8) is 0 Å². The van der Waals surface area contributed by atoms with Gasteiger partial charge in [0.25, 0.3) is 0 Å². The van der Waals surface area contributed by atoms with Gasteiger partial charge < -0.3 is 15.0 Å². The number of carbonyl (C=O) groups is 2. The summed E-state index contributed by atoms with van der Waals surface area (Å²) in [5, 5.41) is 2.67. The average molecular weight is 318 g/mol. The minimum atomic E-state index is -0.0965. The van der Waals surface area contributed by atoms with Crippen molar-refractivity contribution in [3.8, 4) is 5.75 Å². The SMILES string of the molecule is CC(=O)NCCC(=O)N1CCC[C@H](COc2ccc(C)cc2)C1. The van der Waals surface area contributed by atoms with E-state index in [4.69, 9.17) is 4.74 Å². The molecule has 1 atom stereocenters. The van der Waals surface area contributed by atoms with Crippen LogP contribution in [0.25, 0.3) is 0 Å². The van der Waals surface area contributed by atoms with Crippen LogP contribution in [0.4, 0.5) is 0 Å². The molecule has 2 amide bonds. The molecule has 126 valence electrons. The minimum absolute atomic E-state index is 0.0965. The van der Waals surface area contributed by atoms with E-state index in [1.54, 1.807) is 0 Å². The zero-order valence-corrected chi connectivity index (χ0v) is 14.0. The molecule has 1 aromatic rings. The summed E-state index contributed by atoms with van der Waals surface area (Å²) in [5.41, 5.74) is 1.21. The second-order valence-corrected chi connectivity index (χ2v) is 6.21. The Balaban J connectivity index is 1.75. The van der Waals surface area contributed by atoms with E-state index < -0.39 is 0 Å². The fourth-order valence-corrected chi connectivity index (χ4v) is 2.78. The van der Waals surface area contributed by atoms with Crippen molar-refractivity contribution >= 4 is 11.8 Å². The fourth-order valence-electron chi connectivity index (χ4n) is 2.78. The number of nitrogens with zero attached hydrogens (tertiary/aromatic N) is 1. The number of benzene rings is 1. The Labute approximate surface area is 138 Å². The zero-order chi connectivity index (χ0) is 16.7. The summed E-state index contributed by atoms with van der Waals surface area (Å²) in [7, 11) is 0. The van der Waals surface area contributed by atoms with Gasteiger partial charge >= 0.3 is 0 Å². The van der Waals surface area contributed by atoms with Crippen LogP contribution in [-0.4, -0.2) is 43.0 Å². The van der Waals surface area contributed by atoms with Gasteiger partial charge in [0.15, 0.2) is 0 Å². The minimum Gasteiger partial charge on any atom is -0.493 e. The largest absolute Gasteiger partial charge is 0.493 e. The maximum atomic E-state index is 12.2. The third-order valence-electron chi connectivity index (χ3n) is 4.09. The lowest BCUT2D eigenvalue weighted by atomic mass is 9.98. The van der Waals surface area contributed by atoms with E-state index in [-0.39, 0.29) is 11.8 Å². The molecule has 1 saturated heterocycles. The Kier molecular flexibility index (Phi) is 6.44. The first-order valence-corrected chi connectivity index (χ1v) is 8.26. The molecule has 5 heteroatoms. The van der Waals surface area contributed by atoms with Crippen LogP contribution < -0.4 is 10.1 Å². The van der Waals surface area contributed by atoms with Gasteiger partial charge in [0.05, 0.1) is 6.61 Å². The normalized spacial score (nSPS) is 17.7. The molecule has 0 aliphatic carbocycles. The first-order chi connectivity index (χ1) is 11.0. The molecule has 0 aromatic heterocycles. The Bertz CT molecular complexity index is 528. The third kappa shape index (κ3) is 5.93. The highest BCUT2D eigenvalue weighted by molar-refractivity contribution is 5.78. The van der Waals surface area contributed by atoms with Crippen LogP contribution in [0.3, 0.4) is 0 Å². The molecule has 1 fully saturated rings. The summed E-state index contributed by atoms with van der Waals surface area (Å²) < 4.78 is 5.85. The number of carbonyl (C=O) groups excluding carboxylic acids is 2. The van der Waals surface area contributed by atoms with E-state index in [1.807, 2.05) is 29.2 Å². The monoisotopic (exact) mass is 318 g/mol. The Morgan fingerprint density at radius 1 is 1.30 bits per heavy atom. The van der Waals surface area contributed by atoms with Gasteiger partial charge in [0, 0.05) is 38.9 Å². The van der Waals surface area contributed by atoms with Crippen LogP contribution in [0.1, 0.15) is 31.7 Å². The summed E-state index contributed by atoms with van der Waals surface area (Å²) in [4.78, 5) is 24.9. The topological polar surface area (TPSA) is 58.6 Å². The summed E-state index contributed by atoms with van der Waals surface area (Å²) in [6, 6.07) is 8.03. The van der Waals surface area contributed by atoms with Crippen LogP contribution in [0, 0.1) is 12.8 Å². The number of nitrogens with one attached hydrogen (secondary N) is 1. The predicted octanol–water partition coefficient (Wildman–Crippen LogP) is 2.14. The highest BCUT2D eigenvalue weighted by Gasteiger charge is 2.23. The Morgan fingerprint density at radius 3 is 2.74 bits per heavy atom. The number of amides is 2. The number of likely N-dealkylation sites (tertiary alicyclic amines) is 1. The standard InChI is InChI=1S/C18H26N2O3/c1-14-5-7-17(8-6-14)23-13-16-4-3-11-20(12-16)18(22)9-10-19-15(2)21/h5-8,16H,3-4,9-13H2,1-2H3,(H,19,21)/t16-/m0/s1. The second-order valence-electron chi connectivity index (χ2n) is 6.21. The zero-order valence-electron chi connectivity index (χ0n) is 14.0. The van der Waals surface area contributed by atoms with Crippen molar-refractivity contribution in [1.29, 1.82) is 0 Å². The molecular weight excluding hydrogens is 292 g/mol. The van der Waals surface area contributed by atoms with Gasteiger partial charge in [0.2, 0.25) is 11.8 Å². The first-order valence-electron chi connectivity index (χ1n) is 8.26. The first kappa shape index (κ1) is 17.3. The molecule has 2 rings (SSSR count). The molecule has 0 spiro atoms. The number of hydrogen-bond donors (Lipinski definition) is 1. The summed E-state index contributed by atoms with van der Waals surface area (Å²) in [5.74, 6) is 1.26. The molecule has 1 aromatic carbocycles. The Morgan fingerprint density at radius 2 is 2.04 bits per heavy atom. The second kappa shape index (κ2) is 8.56. The van der Waals surface area contributed by atoms with Crippen LogP contribution in [0.15, 0.2) is 24.3 Å². The molecule has 0 unspecified atom stereocenters. The summed E-state index contributed by atoms with van der Waals surface area (Å²) in [6.45, 7) is 6.11. The molecule has 5 nitrogen and oxygen atoms in total. The van der Waals surface area contributed by atoms with Crippen molar-refractivity contribution in [1.82, 2.24) is 10.2 Å². The fraction of sp³-hybridized carbons (Fsp3) is 0.556. The average Bonchev–Trinajstić information content (AvgIpc) is 2.54. The van der Waals surface area contributed by atoms with Crippen molar-refractivity contribution in [2.24, 2.45) is 5.92 Å². The quantitative estimate of drug-likeness (QED) is 0.874. The van der Waals surface area contributed by atoms with Gasteiger partial charge in [-0.15, -0.1) is 0 Å². The lowest BCUT2D eigenvalue weighted by Gasteiger charge is -2.32. The van der Waals surface area contributed by atoms with Crippen LogP contribution in [0.5, 0.6) is 5.75 Å². The number of ether oxygens (including phenoxy) is 1. The smallest absolute Gasteiger partial charge is 0.224 e. The van der Waals surface area contributed by atoms with Gasteiger partial charge in [-0.05, 0) is 31.9 Å². The van der Waals surface area contributed by atoms with Crippen molar-refractivity contribution in [2.45, 2.75) is 33.1 Å². The highest BCUT2D eigenvalue weighted by Crippen LogP contribution is 2.19. The van der Waals surface area contributed by atoms with Crippen LogP contribution in [0.2, 0.25) is 0 Å². The molecule has 1 heterocycles. The third-order valence-corrected chi connectivity index (χ3v) is 4.09. The summed E-state index contributed by atoms with van der Waals surface area (Å²) >= 11 is 0. The van der Waals surface area contributed by atoms with Gasteiger partial charge in [-0.25, -0.2) is 0 Å². The van der Waals surface area contributed by atoms with E-state index in [2.05, 4.69) is 12.2 Å². The van der Waals surface area contributed by atoms with E-state index in [0.29, 0.717) is 25.5 Å².